The Labute approximate surface area is 290 Å². The number of unbranched alkanes of at least 4 members (excludes halogenated alkanes) is 1. The van der Waals surface area contributed by atoms with E-state index in [1.807, 2.05) is 43.3 Å². The lowest BCUT2D eigenvalue weighted by Gasteiger charge is -2.14. The van der Waals surface area contributed by atoms with E-state index in [0.29, 0.717) is 12.3 Å². The van der Waals surface area contributed by atoms with Crippen LogP contribution < -0.4 is 0 Å². The molecule has 0 bridgehead atoms. The molecular weight excluding hydrogens is 579 g/mol. The highest BCUT2D eigenvalue weighted by atomic mass is 16.1. The molecule has 2 heteroatoms. The molecule has 0 heterocycles. The first kappa shape index (κ1) is 36.0. The van der Waals surface area contributed by atoms with Crippen LogP contribution in [0.3, 0.4) is 0 Å². The first-order chi connectivity index (χ1) is 22.9. The quantitative estimate of drug-likeness (QED) is 0.0888. The van der Waals surface area contributed by atoms with E-state index in [-0.39, 0.29) is 20.1 Å². The predicted octanol–water partition coefficient (Wildman–Crippen LogP) is 11.5. The molecule has 1 nitrogen and oxygen atoms in total. The van der Waals surface area contributed by atoms with Crippen LogP contribution in [0.4, 0.5) is 0 Å². The van der Waals surface area contributed by atoms with Crippen molar-refractivity contribution in [2.45, 2.75) is 71.6 Å². The summed E-state index contributed by atoms with van der Waals surface area (Å²) in [6.45, 7) is 8.66. The van der Waals surface area contributed by atoms with Gasteiger partial charge in [-0.15, -0.1) is 0 Å². The van der Waals surface area contributed by atoms with E-state index in [1.54, 1.807) is 0 Å². The monoisotopic (exact) mass is 625 g/mol. The normalized spacial score (nSPS) is 11.8. The lowest BCUT2D eigenvalue weighted by molar-refractivity contribution is -0.114. The number of carbonyl (C=O) groups excluding carboxylic acids is 1. The van der Waals surface area contributed by atoms with Gasteiger partial charge in [-0.2, -0.15) is 0 Å². The summed E-state index contributed by atoms with van der Waals surface area (Å²) < 4.78 is 0. The second-order valence-electron chi connectivity index (χ2n) is 12.9. The zero-order chi connectivity index (χ0) is 33.0. The van der Waals surface area contributed by atoms with E-state index in [0.717, 1.165) is 11.1 Å². The Balaban J connectivity index is 0.000000212. The first-order valence-electron chi connectivity index (χ1n) is 17.0. The molecule has 2 atom stereocenters. The Morgan fingerprint density at radius 1 is 0.604 bits per heavy atom. The third-order valence-electron chi connectivity index (χ3n) is 9.00. The van der Waals surface area contributed by atoms with Gasteiger partial charge in [0, 0.05) is 20.4 Å². The molecule has 0 spiro atoms. The smallest absolute Gasteiger partial charge is 0.206 e. The van der Waals surface area contributed by atoms with Crippen LogP contribution in [-0.2, 0) is 11.2 Å². The van der Waals surface area contributed by atoms with Gasteiger partial charge in [-0.3, -0.25) is 4.79 Å². The van der Waals surface area contributed by atoms with Crippen molar-refractivity contribution in [1.82, 2.24) is 0 Å². The van der Waals surface area contributed by atoms with Gasteiger partial charge < -0.3 is 0 Å². The molecule has 6 aromatic carbocycles. The number of ketones is 1. The van der Waals surface area contributed by atoms with Gasteiger partial charge in [-0.05, 0) is 107 Å². The van der Waals surface area contributed by atoms with Gasteiger partial charge in [0.05, 0.1) is 0 Å². The van der Waals surface area contributed by atoms with Crippen molar-refractivity contribution >= 4 is 35.7 Å². The summed E-state index contributed by atoms with van der Waals surface area (Å²) in [7, 11) is 0. The van der Waals surface area contributed by atoms with Crippen LogP contribution in [0.15, 0.2) is 133 Å². The SMILES string of the molecule is Cc1cccc(C#CC(=O)C[C@H](C)c2cccc3ccccc23)c1.Cc1cccc(CCCC[C@H](C)c2cccc3ccccc23)c1.[B]. The van der Waals surface area contributed by atoms with Gasteiger partial charge in [0.1, 0.15) is 0 Å². The minimum atomic E-state index is -0.0167. The number of hydrogen-bond acceptors (Lipinski definition) is 1. The van der Waals surface area contributed by atoms with Crippen molar-refractivity contribution in [1.29, 1.82) is 0 Å². The Bertz CT molecular complexity index is 2000. The summed E-state index contributed by atoms with van der Waals surface area (Å²) in [6.07, 6.45) is 5.47. The van der Waals surface area contributed by atoms with Gasteiger partial charge in [0.25, 0.3) is 0 Å². The average Bonchev–Trinajstić information content (AvgIpc) is 3.09. The molecule has 0 fully saturated rings. The van der Waals surface area contributed by atoms with Crippen LogP contribution in [0.5, 0.6) is 0 Å². The number of carbonyl (C=O) groups is 1. The number of benzene rings is 6. The number of rotatable bonds is 9. The Morgan fingerprint density at radius 2 is 1.15 bits per heavy atom. The Morgan fingerprint density at radius 3 is 1.77 bits per heavy atom. The molecule has 0 aromatic heterocycles. The highest BCUT2D eigenvalue weighted by molar-refractivity contribution is 5.97. The predicted molar refractivity (Wildman–Crippen MR) is 207 cm³/mol. The fraction of sp³-hybridized carbons (Fsp3) is 0.239. The molecule has 0 aliphatic carbocycles. The van der Waals surface area contributed by atoms with Crippen molar-refractivity contribution in [3.8, 4) is 11.8 Å². The number of Topliss-reactive ketones (excluding diaryl/α,β-unsaturated/α-hetero) is 1. The van der Waals surface area contributed by atoms with Crippen molar-refractivity contribution < 1.29 is 4.79 Å². The minimum Gasteiger partial charge on any atom is -0.285 e. The summed E-state index contributed by atoms with van der Waals surface area (Å²) in [5.41, 5.74) is 7.59. The van der Waals surface area contributed by atoms with Crippen molar-refractivity contribution in [3.05, 3.63) is 167 Å². The largest absolute Gasteiger partial charge is 0.285 e. The second-order valence-corrected chi connectivity index (χ2v) is 12.9. The minimum absolute atomic E-state index is 0. The van der Waals surface area contributed by atoms with Crippen LogP contribution >= 0.6 is 0 Å². The maximum atomic E-state index is 12.2. The molecule has 0 saturated heterocycles. The molecular formula is C46H46BO. The van der Waals surface area contributed by atoms with Crippen molar-refractivity contribution in [3.63, 3.8) is 0 Å². The molecule has 0 unspecified atom stereocenters. The van der Waals surface area contributed by atoms with Gasteiger partial charge in [-0.1, -0.05) is 153 Å². The summed E-state index contributed by atoms with van der Waals surface area (Å²) in [6, 6.07) is 46.8. The molecule has 0 amide bonds. The van der Waals surface area contributed by atoms with Gasteiger partial charge in [0.15, 0.2) is 0 Å². The maximum absolute atomic E-state index is 12.2. The zero-order valence-electron chi connectivity index (χ0n) is 28.9. The van der Waals surface area contributed by atoms with E-state index in [4.69, 9.17) is 0 Å². The van der Waals surface area contributed by atoms with E-state index >= 15 is 0 Å². The van der Waals surface area contributed by atoms with Gasteiger partial charge >= 0.3 is 0 Å². The van der Waals surface area contributed by atoms with Crippen molar-refractivity contribution in [2.75, 3.05) is 0 Å². The van der Waals surface area contributed by atoms with Crippen LogP contribution in [0.1, 0.15) is 84.7 Å². The lowest BCUT2D eigenvalue weighted by Crippen LogP contribution is -2.03. The van der Waals surface area contributed by atoms with E-state index in [1.165, 1.54) is 69.5 Å². The molecule has 0 aliphatic rings. The van der Waals surface area contributed by atoms with E-state index in [9.17, 15) is 4.79 Å². The van der Waals surface area contributed by atoms with Crippen LogP contribution in [0, 0.1) is 25.7 Å². The average molecular weight is 626 g/mol. The summed E-state index contributed by atoms with van der Waals surface area (Å²) in [5.74, 6) is 6.52. The molecule has 0 aliphatic heterocycles. The van der Waals surface area contributed by atoms with Crippen LogP contribution in [0.25, 0.3) is 21.5 Å². The maximum Gasteiger partial charge on any atom is 0.206 e. The highest BCUT2D eigenvalue weighted by Crippen LogP contribution is 2.29. The summed E-state index contributed by atoms with van der Waals surface area (Å²) in [4.78, 5) is 12.2. The molecule has 6 rings (SSSR count). The van der Waals surface area contributed by atoms with Crippen LogP contribution in [0.2, 0.25) is 0 Å². The van der Waals surface area contributed by atoms with Crippen molar-refractivity contribution in [2.24, 2.45) is 0 Å². The second kappa shape index (κ2) is 17.9. The number of hydrogen-bond donors (Lipinski definition) is 0. The summed E-state index contributed by atoms with van der Waals surface area (Å²) >= 11 is 0. The Kier molecular flexibility index (Phi) is 13.4. The zero-order valence-corrected chi connectivity index (χ0v) is 28.9. The molecule has 6 aromatic rings. The standard InChI is InChI=1S/C23H20O.C23H26.B/c1-17-7-5-8-19(15-17)13-14-21(24)16-18(2)22-12-6-10-20-9-3-4-11-23(20)22;1-18-9-7-12-20(17-18)11-4-3-10-19(2)22-16-8-14-21-13-5-6-15-23(21)22;/h3-12,15,18H,16H2,1-2H3;5-9,12-17,19H,3-4,10-11H2,1-2H3;/t18-;19-;/m00./s1. The van der Waals surface area contributed by atoms with E-state index in [2.05, 4.69) is 130 Å². The number of fused-ring (bicyclic) bond motifs is 2. The molecule has 48 heavy (non-hydrogen) atoms. The van der Waals surface area contributed by atoms with Gasteiger partial charge in [0.2, 0.25) is 5.78 Å². The lowest BCUT2D eigenvalue weighted by atomic mass is 9.90. The first-order valence-corrected chi connectivity index (χ1v) is 17.0. The van der Waals surface area contributed by atoms with Gasteiger partial charge in [-0.25, -0.2) is 0 Å². The third-order valence-corrected chi connectivity index (χ3v) is 9.00. The highest BCUT2D eigenvalue weighted by Gasteiger charge is 2.13. The molecule has 0 N–H and O–H groups in total. The molecule has 3 radical (unpaired) electrons. The fourth-order valence-electron chi connectivity index (χ4n) is 6.47. The number of aryl methyl sites for hydroxylation is 3. The van der Waals surface area contributed by atoms with E-state index < -0.39 is 0 Å². The fourth-order valence-corrected chi connectivity index (χ4v) is 6.47. The summed E-state index contributed by atoms with van der Waals surface area (Å²) in [5, 5.41) is 5.20. The molecule has 239 valence electrons. The van der Waals surface area contributed by atoms with Crippen LogP contribution in [-0.4, -0.2) is 14.2 Å². The third kappa shape index (κ3) is 10.1. The molecule has 0 saturated carbocycles. The Hall–Kier alpha value is -4.87. The topological polar surface area (TPSA) is 17.1 Å².